The Bertz CT molecular complexity index is 778. The fourth-order valence-electron chi connectivity index (χ4n) is 2.90. The van der Waals surface area contributed by atoms with Crippen LogP contribution in [0.2, 0.25) is 0 Å². The van der Waals surface area contributed by atoms with Crippen molar-refractivity contribution < 1.29 is 13.9 Å². The van der Waals surface area contributed by atoms with Crippen molar-refractivity contribution in [1.29, 1.82) is 0 Å². The number of benzene rings is 1. The van der Waals surface area contributed by atoms with E-state index in [1.165, 1.54) is 3.58 Å². The van der Waals surface area contributed by atoms with Crippen LogP contribution in [0.1, 0.15) is 11.1 Å². The van der Waals surface area contributed by atoms with E-state index in [1.54, 1.807) is 0 Å². The molecule has 5 nitrogen and oxygen atoms in total. The van der Waals surface area contributed by atoms with E-state index in [2.05, 4.69) is 16.0 Å². The summed E-state index contributed by atoms with van der Waals surface area (Å²) in [5.41, 5.74) is 3.12. The van der Waals surface area contributed by atoms with Crippen LogP contribution in [0.4, 0.5) is 10.2 Å². The molecule has 1 aromatic heterocycles. The third kappa shape index (κ3) is 3.12. The molecule has 0 unspecified atom stereocenters. The molecule has 122 valence electrons. The standard InChI is InChI=1S/C17H16FN3O2.Sn/c18-12-23-15-3-1-2-13(10-15)17(19)14-4-5-20-16(11-14)21-6-8-22-9-7-21;/h1,3-5,10-11H,6-9,12H2;/q-1;+1. The van der Waals surface area contributed by atoms with E-state index in [4.69, 9.17) is 12.7 Å². The van der Waals surface area contributed by atoms with Crippen molar-refractivity contribution >= 4 is 36.5 Å². The number of nitrogens with zero attached hydrogens (tertiary/aromatic N) is 3. The maximum atomic E-state index is 12.4. The molecule has 4 rings (SSSR count). The summed E-state index contributed by atoms with van der Waals surface area (Å²) >= 11 is -0.975. The second kappa shape index (κ2) is 7.06. The van der Waals surface area contributed by atoms with Gasteiger partial charge in [0.1, 0.15) is 0 Å². The van der Waals surface area contributed by atoms with Gasteiger partial charge in [-0.05, 0) is 0 Å². The summed E-state index contributed by atoms with van der Waals surface area (Å²) < 4.78 is 29.0. The zero-order chi connectivity index (χ0) is 16.4. The monoisotopic (exact) mass is 433 g/mol. The second-order valence-electron chi connectivity index (χ2n) is 5.54. The number of aromatic nitrogens is 1. The van der Waals surface area contributed by atoms with Gasteiger partial charge in [0.15, 0.2) is 0 Å². The van der Waals surface area contributed by atoms with Gasteiger partial charge in [0.05, 0.1) is 0 Å². The summed E-state index contributed by atoms with van der Waals surface area (Å²) in [6.07, 6.45) is 1.83. The molecule has 0 spiro atoms. The summed E-state index contributed by atoms with van der Waals surface area (Å²) in [6, 6.07) is 9.81. The molecule has 0 bridgehead atoms. The Hall–Kier alpha value is -1.67. The Kier molecular flexibility index (Phi) is 4.66. The van der Waals surface area contributed by atoms with Gasteiger partial charge in [-0.15, -0.1) is 0 Å². The number of hydrogen-bond acceptors (Lipinski definition) is 5. The fourth-order valence-corrected chi connectivity index (χ4v) is 5.61. The van der Waals surface area contributed by atoms with Crippen molar-refractivity contribution in [2.45, 2.75) is 0 Å². The van der Waals surface area contributed by atoms with Crippen LogP contribution in [-0.4, -0.2) is 65.3 Å². The zero-order valence-electron chi connectivity index (χ0n) is 13.0. The van der Waals surface area contributed by atoms with E-state index >= 15 is 0 Å². The molecule has 0 atom stereocenters. The van der Waals surface area contributed by atoms with Gasteiger partial charge < -0.3 is 0 Å². The number of halogens is 1. The Morgan fingerprint density at radius 1 is 1.21 bits per heavy atom. The van der Waals surface area contributed by atoms with Crippen molar-refractivity contribution in [3.8, 4) is 5.75 Å². The van der Waals surface area contributed by atoms with Crippen LogP contribution >= 0.6 is 0 Å². The third-order valence-corrected chi connectivity index (χ3v) is 7.00. The first-order valence-corrected chi connectivity index (χ1v) is 10.5. The first-order chi connectivity index (χ1) is 11.8. The third-order valence-electron chi connectivity index (χ3n) is 4.11. The topological polar surface area (TPSA) is 47.0 Å². The number of morpholine rings is 1. The molecule has 1 aromatic carbocycles. The molecule has 2 radical (unpaired) electrons. The number of fused-ring (bicyclic) bond motifs is 1. The van der Waals surface area contributed by atoms with Gasteiger partial charge in [-0.3, -0.25) is 0 Å². The van der Waals surface area contributed by atoms with E-state index in [0.29, 0.717) is 5.75 Å². The van der Waals surface area contributed by atoms with Gasteiger partial charge >= 0.3 is 150 Å². The first kappa shape index (κ1) is 15.8. The van der Waals surface area contributed by atoms with Crippen LogP contribution < -0.4 is 13.2 Å². The van der Waals surface area contributed by atoms with Crippen molar-refractivity contribution in [2.75, 3.05) is 38.1 Å². The minimum absolute atomic E-state index is 0.549. The summed E-state index contributed by atoms with van der Waals surface area (Å²) in [7, 11) is 0. The molecule has 1 saturated heterocycles. The Morgan fingerprint density at radius 2 is 2.08 bits per heavy atom. The van der Waals surface area contributed by atoms with Crippen LogP contribution in [0.3, 0.4) is 0 Å². The second-order valence-corrected chi connectivity index (χ2v) is 8.35. The molecular formula is C17H16FN3O2Sn. The van der Waals surface area contributed by atoms with Gasteiger partial charge in [-0.2, -0.15) is 0 Å². The number of ether oxygens (including phenoxy) is 2. The molecule has 0 amide bonds. The minimum atomic E-state index is -0.975. The van der Waals surface area contributed by atoms with Gasteiger partial charge in [-0.1, -0.05) is 0 Å². The summed E-state index contributed by atoms with van der Waals surface area (Å²) in [6.45, 7) is 2.35. The predicted molar refractivity (Wildman–Crippen MR) is 91.3 cm³/mol. The SMILES string of the molecule is FCOc1cc[c]2c(c1)C(c1ccnc(N3CCOCC3)c1)=[N][Sn]2. The van der Waals surface area contributed by atoms with E-state index in [1.807, 2.05) is 30.5 Å². The molecule has 2 aliphatic rings. The molecule has 0 N–H and O–H groups in total. The van der Waals surface area contributed by atoms with Crippen molar-refractivity contribution in [3.05, 3.63) is 47.7 Å². The van der Waals surface area contributed by atoms with Crippen LogP contribution in [-0.2, 0) is 4.74 Å². The Balaban J connectivity index is 1.65. The Labute approximate surface area is 150 Å². The van der Waals surface area contributed by atoms with Crippen LogP contribution in [0.25, 0.3) is 0 Å². The molecule has 7 heteroatoms. The van der Waals surface area contributed by atoms with Gasteiger partial charge in [0, 0.05) is 0 Å². The number of alkyl halides is 1. The number of pyridine rings is 1. The van der Waals surface area contributed by atoms with Crippen molar-refractivity contribution in [3.63, 3.8) is 0 Å². The number of anilines is 1. The van der Waals surface area contributed by atoms with Gasteiger partial charge in [0.25, 0.3) is 0 Å². The molecule has 2 aliphatic heterocycles. The van der Waals surface area contributed by atoms with Gasteiger partial charge in [-0.25, -0.2) is 0 Å². The van der Waals surface area contributed by atoms with E-state index in [0.717, 1.165) is 49.0 Å². The van der Waals surface area contributed by atoms with E-state index < -0.39 is 28.3 Å². The Morgan fingerprint density at radius 3 is 2.92 bits per heavy atom. The van der Waals surface area contributed by atoms with Crippen LogP contribution in [0, 0.1) is 0 Å². The number of hydrogen-bond donors (Lipinski definition) is 0. The number of rotatable bonds is 4. The zero-order valence-corrected chi connectivity index (χ0v) is 15.9. The molecule has 0 aliphatic carbocycles. The van der Waals surface area contributed by atoms with Crippen LogP contribution in [0.15, 0.2) is 39.7 Å². The van der Waals surface area contributed by atoms with Crippen molar-refractivity contribution in [2.24, 2.45) is 3.21 Å². The van der Waals surface area contributed by atoms with E-state index in [-0.39, 0.29) is 0 Å². The van der Waals surface area contributed by atoms with Crippen molar-refractivity contribution in [1.82, 2.24) is 4.98 Å². The average Bonchev–Trinajstić information content (AvgIpc) is 3.06. The summed E-state index contributed by atoms with van der Waals surface area (Å²) in [5, 5.41) is 0. The summed E-state index contributed by atoms with van der Waals surface area (Å²) in [5.74, 6) is 1.50. The molecule has 1 fully saturated rings. The molecule has 2 aromatic rings. The fraction of sp³-hybridized carbons (Fsp3) is 0.294. The maximum absolute atomic E-state index is 12.4. The molecular weight excluding hydrogens is 416 g/mol. The average molecular weight is 432 g/mol. The predicted octanol–water partition coefficient (Wildman–Crippen LogP) is 1.32. The normalized spacial score (nSPS) is 16.7. The van der Waals surface area contributed by atoms with Gasteiger partial charge in [0.2, 0.25) is 0 Å². The molecule has 0 saturated carbocycles. The summed E-state index contributed by atoms with van der Waals surface area (Å²) in [4.78, 5) is 6.72. The first-order valence-electron chi connectivity index (χ1n) is 7.81. The molecule has 24 heavy (non-hydrogen) atoms. The molecule has 3 heterocycles. The van der Waals surface area contributed by atoms with Crippen LogP contribution in [0.5, 0.6) is 5.75 Å². The quantitative estimate of drug-likeness (QED) is 0.685. The van der Waals surface area contributed by atoms with E-state index in [9.17, 15) is 4.39 Å².